The first kappa shape index (κ1) is 13.7. The highest BCUT2D eigenvalue weighted by Gasteiger charge is 2.51. The molecule has 1 N–H and O–H groups in total. The van der Waals surface area contributed by atoms with E-state index < -0.39 is 5.60 Å². The number of hydroxylamine groups is 1. The summed E-state index contributed by atoms with van der Waals surface area (Å²) < 4.78 is 5.63. The Morgan fingerprint density at radius 2 is 2.28 bits per heavy atom. The van der Waals surface area contributed by atoms with E-state index >= 15 is 0 Å². The molecule has 0 aliphatic carbocycles. The molecule has 1 heterocycles. The molecule has 5 heteroatoms. The second-order valence-corrected chi connectivity index (χ2v) is 4.92. The van der Waals surface area contributed by atoms with Gasteiger partial charge in [-0.25, -0.2) is 0 Å². The third-order valence-electron chi connectivity index (χ3n) is 2.85. The van der Waals surface area contributed by atoms with Gasteiger partial charge in [0.05, 0.1) is 19.4 Å². The van der Waals surface area contributed by atoms with Gasteiger partial charge in [0.15, 0.2) is 5.60 Å². The Bertz CT molecular complexity index is 470. The molecule has 1 aromatic rings. The zero-order chi connectivity index (χ0) is 13.2. The second-order valence-electron chi connectivity index (χ2n) is 4.07. The van der Waals surface area contributed by atoms with Crippen molar-refractivity contribution in [3.05, 3.63) is 45.6 Å². The first-order valence-corrected chi connectivity index (χ1v) is 6.48. The van der Waals surface area contributed by atoms with Crippen molar-refractivity contribution < 1.29 is 9.57 Å². The number of ether oxygens (including phenoxy) is 1. The van der Waals surface area contributed by atoms with Crippen LogP contribution in [0, 0.1) is 0 Å². The molecule has 0 amide bonds. The highest BCUT2D eigenvalue weighted by molar-refractivity contribution is 6.35. The Morgan fingerprint density at radius 1 is 1.56 bits per heavy atom. The molecule has 0 saturated carbocycles. The van der Waals surface area contributed by atoms with E-state index in [9.17, 15) is 0 Å². The average Bonchev–Trinajstić information content (AvgIpc) is 3.10. The molecule has 1 aliphatic heterocycles. The predicted molar refractivity (Wildman–Crippen MR) is 72.6 cm³/mol. The van der Waals surface area contributed by atoms with Crippen molar-refractivity contribution in [1.29, 1.82) is 0 Å². The summed E-state index contributed by atoms with van der Waals surface area (Å²) in [6, 6.07) is 5.42. The van der Waals surface area contributed by atoms with Crippen LogP contribution in [0.1, 0.15) is 18.9 Å². The lowest BCUT2D eigenvalue weighted by molar-refractivity contribution is 0.101. The van der Waals surface area contributed by atoms with Gasteiger partial charge >= 0.3 is 0 Å². The smallest absolute Gasteiger partial charge is 0.159 e. The van der Waals surface area contributed by atoms with Crippen LogP contribution in [-0.2, 0) is 15.2 Å². The highest BCUT2D eigenvalue weighted by atomic mass is 35.5. The van der Waals surface area contributed by atoms with E-state index in [2.05, 4.69) is 12.4 Å². The van der Waals surface area contributed by atoms with Gasteiger partial charge in [-0.2, -0.15) is 0 Å². The molecule has 0 aromatic heterocycles. The maximum Gasteiger partial charge on any atom is 0.159 e. The van der Waals surface area contributed by atoms with E-state index in [0.717, 1.165) is 17.7 Å². The first-order valence-electron chi connectivity index (χ1n) is 5.73. The summed E-state index contributed by atoms with van der Waals surface area (Å²) in [5, 5.41) is 1.21. The minimum absolute atomic E-state index is 0.520. The molecule has 1 fully saturated rings. The van der Waals surface area contributed by atoms with Gasteiger partial charge in [0.2, 0.25) is 0 Å². The van der Waals surface area contributed by atoms with Crippen molar-refractivity contribution in [2.45, 2.75) is 18.9 Å². The monoisotopic (exact) mass is 287 g/mol. The normalized spacial score (nSPS) is 23.0. The predicted octanol–water partition coefficient (Wildman–Crippen LogP) is 3.66. The van der Waals surface area contributed by atoms with Crippen molar-refractivity contribution in [3.63, 3.8) is 0 Å². The molecule has 1 saturated heterocycles. The number of halogens is 2. The Morgan fingerprint density at radius 3 is 2.78 bits per heavy atom. The van der Waals surface area contributed by atoms with E-state index in [0.29, 0.717) is 16.7 Å². The topological polar surface area (TPSA) is 33.8 Å². The standard InChI is InChI=1S/C13H15Cl2NO2/c1-3-4-12(16-17-2)13(8-18-13)10-6-5-9(14)7-11(10)15/h4-7,16H,3,8H2,1-2H3. The maximum atomic E-state index is 6.24. The van der Waals surface area contributed by atoms with Crippen LogP contribution in [0.3, 0.4) is 0 Å². The Kier molecular flexibility index (Phi) is 4.17. The number of nitrogens with one attached hydrogen (secondary N) is 1. The lowest BCUT2D eigenvalue weighted by atomic mass is 9.96. The summed E-state index contributed by atoms with van der Waals surface area (Å²) in [6.45, 7) is 2.63. The molecule has 2 rings (SSSR count). The van der Waals surface area contributed by atoms with Crippen LogP contribution in [0.25, 0.3) is 0 Å². The molecule has 18 heavy (non-hydrogen) atoms. The third kappa shape index (κ3) is 2.50. The van der Waals surface area contributed by atoms with Crippen molar-refractivity contribution in [2.24, 2.45) is 0 Å². The average molecular weight is 288 g/mol. The van der Waals surface area contributed by atoms with E-state index in [-0.39, 0.29) is 0 Å². The zero-order valence-electron chi connectivity index (χ0n) is 10.3. The van der Waals surface area contributed by atoms with Gasteiger partial charge in [-0.15, -0.1) is 0 Å². The van der Waals surface area contributed by atoms with Gasteiger partial charge in [0.25, 0.3) is 0 Å². The number of epoxide rings is 1. The molecule has 1 aliphatic rings. The van der Waals surface area contributed by atoms with Gasteiger partial charge < -0.3 is 4.74 Å². The molecule has 1 atom stereocenters. The van der Waals surface area contributed by atoms with Crippen LogP contribution in [0.5, 0.6) is 0 Å². The Balaban J connectivity index is 2.38. The van der Waals surface area contributed by atoms with Crippen molar-refractivity contribution in [3.8, 4) is 0 Å². The molecule has 1 aromatic carbocycles. The minimum Gasteiger partial charge on any atom is -0.358 e. The number of allylic oxidation sites excluding steroid dienone is 1. The molecular formula is C13H15Cl2NO2. The summed E-state index contributed by atoms with van der Waals surface area (Å²) >= 11 is 12.1. The Labute approximate surface area is 117 Å². The van der Waals surface area contributed by atoms with Crippen LogP contribution >= 0.6 is 23.2 Å². The van der Waals surface area contributed by atoms with Gasteiger partial charge in [0, 0.05) is 15.6 Å². The summed E-state index contributed by atoms with van der Waals surface area (Å²) in [7, 11) is 1.57. The van der Waals surface area contributed by atoms with Crippen LogP contribution in [0.15, 0.2) is 30.0 Å². The lowest BCUT2D eigenvalue weighted by Crippen LogP contribution is -2.25. The summed E-state index contributed by atoms with van der Waals surface area (Å²) in [5.41, 5.74) is 4.12. The summed E-state index contributed by atoms with van der Waals surface area (Å²) in [4.78, 5) is 5.00. The van der Waals surface area contributed by atoms with Crippen LogP contribution in [-0.4, -0.2) is 13.7 Å². The van der Waals surface area contributed by atoms with E-state index in [1.807, 2.05) is 18.2 Å². The van der Waals surface area contributed by atoms with Gasteiger partial charge in [0.1, 0.15) is 0 Å². The van der Waals surface area contributed by atoms with Crippen molar-refractivity contribution in [1.82, 2.24) is 5.48 Å². The van der Waals surface area contributed by atoms with Gasteiger partial charge in [-0.1, -0.05) is 42.3 Å². The fourth-order valence-electron chi connectivity index (χ4n) is 1.95. The molecule has 3 nitrogen and oxygen atoms in total. The number of hydrogen-bond donors (Lipinski definition) is 1. The SMILES string of the molecule is CCC=C(NOC)C1(c2ccc(Cl)cc2Cl)CO1. The quantitative estimate of drug-likeness (QED) is 0.663. The molecule has 0 bridgehead atoms. The highest BCUT2D eigenvalue weighted by Crippen LogP contribution is 2.47. The fraction of sp³-hybridized carbons (Fsp3) is 0.385. The lowest BCUT2D eigenvalue weighted by Gasteiger charge is -2.18. The number of hydrogen-bond acceptors (Lipinski definition) is 3. The summed E-state index contributed by atoms with van der Waals surface area (Å²) in [5.74, 6) is 0. The summed E-state index contributed by atoms with van der Waals surface area (Å²) in [6.07, 6.45) is 2.91. The molecule has 98 valence electrons. The van der Waals surface area contributed by atoms with E-state index in [1.54, 1.807) is 13.2 Å². The number of benzene rings is 1. The van der Waals surface area contributed by atoms with Crippen LogP contribution in [0.2, 0.25) is 10.0 Å². The van der Waals surface area contributed by atoms with Crippen LogP contribution < -0.4 is 5.48 Å². The van der Waals surface area contributed by atoms with Crippen molar-refractivity contribution >= 4 is 23.2 Å². The fourth-order valence-corrected chi connectivity index (χ4v) is 2.51. The third-order valence-corrected chi connectivity index (χ3v) is 3.40. The van der Waals surface area contributed by atoms with Gasteiger partial charge in [-0.3, -0.25) is 10.3 Å². The minimum atomic E-state index is -0.520. The van der Waals surface area contributed by atoms with E-state index in [1.165, 1.54) is 0 Å². The number of rotatable bonds is 5. The van der Waals surface area contributed by atoms with Gasteiger partial charge in [-0.05, 0) is 18.6 Å². The second kappa shape index (κ2) is 5.49. The van der Waals surface area contributed by atoms with Crippen LogP contribution in [0.4, 0.5) is 0 Å². The molecule has 1 unspecified atom stereocenters. The van der Waals surface area contributed by atoms with E-state index in [4.69, 9.17) is 32.8 Å². The zero-order valence-corrected chi connectivity index (χ0v) is 11.8. The molecule has 0 radical (unpaired) electrons. The van der Waals surface area contributed by atoms with Crippen molar-refractivity contribution in [2.75, 3.05) is 13.7 Å². The Hall–Kier alpha value is -0.740. The molecule has 0 spiro atoms. The maximum absolute atomic E-state index is 6.24. The largest absolute Gasteiger partial charge is 0.358 e. The first-order chi connectivity index (χ1) is 8.64. The molecular weight excluding hydrogens is 273 g/mol.